The summed E-state index contributed by atoms with van der Waals surface area (Å²) in [6.07, 6.45) is 19.3. The molecule has 0 aliphatic carbocycles. The fourth-order valence-electron chi connectivity index (χ4n) is 2.63. The van der Waals surface area contributed by atoms with Gasteiger partial charge in [0.1, 0.15) is 0 Å². The van der Waals surface area contributed by atoms with Gasteiger partial charge < -0.3 is 16.2 Å². The molecule has 0 heterocycles. The molecule has 20 heavy (non-hydrogen) atoms. The number of hydrogen-bond donors (Lipinski definition) is 3. The lowest BCUT2D eigenvalue weighted by Gasteiger charge is -2.13. The lowest BCUT2D eigenvalue weighted by molar-refractivity contribution is 0.538. The summed E-state index contributed by atoms with van der Waals surface area (Å²) in [4.78, 5) is 0. The molecule has 0 radical (unpaired) electrons. The SMILES string of the molecule is CCCCCCCCCCCCCCCC[Si](N)(N)N. The molecule has 0 rings (SSSR count). The molecule has 0 saturated heterocycles. The maximum Gasteiger partial charge on any atom is 0.273 e. The van der Waals surface area contributed by atoms with Gasteiger partial charge in [-0.1, -0.05) is 96.8 Å². The van der Waals surface area contributed by atoms with Crippen LogP contribution < -0.4 is 16.2 Å². The Morgan fingerprint density at radius 3 is 1.10 bits per heavy atom. The van der Waals surface area contributed by atoms with E-state index in [1.165, 1.54) is 83.5 Å². The van der Waals surface area contributed by atoms with Gasteiger partial charge in [-0.2, -0.15) is 0 Å². The summed E-state index contributed by atoms with van der Waals surface area (Å²) in [5.41, 5.74) is 0. The Morgan fingerprint density at radius 2 is 0.800 bits per heavy atom. The van der Waals surface area contributed by atoms with Crippen LogP contribution in [0.25, 0.3) is 0 Å². The summed E-state index contributed by atoms with van der Waals surface area (Å²) in [6.45, 7) is 2.28. The molecule has 0 spiro atoms. The molecule has 0 fully saturated rings. The molecule has 0 aromatic rings. The van der Waals surface area contributed by atoms with E-state index in [1.807, 2.05) is 0 Å². The average molecular weight is 302 g/mol. The quantitative estimate of drug-likeness (QED) is 0.312. The fourth-order valence-corrected chi connectivity index (χ4v) is 3.49. The zero-order valence-electron chi connectivity index (χ0n) is 13.8. The van der Waals surface area contributed by atoms with E-state index in [1.54, 1.807) is 0 Å². The standard InChI is InChI=1S/C16H39N3Si/c1-2-3-4-5-6-7-8-9-10-11-12-13-14-15-16-20(17,18)19/h2-19H2,1H3. The summed E-state index contributed by atoms with van der Waals surface area (Å²) in [6, 6.07) is 0.866. The Hall–Kier alpha value is 0.0969. The number of unbranched alkanes of at least 4 members (excludes halogenated alkanes) is 13. The van der Waals surface area contributed by atoms with Crippen molar-refractivity contribution in [1.29, 1.82) is 0 Å². The Bertz CT molecular complexity index is 193. The van der Waals surface area contributed by atoms with Crippen molar-refractivity contribution in [1.82, 2.24) is 0 Å². The molecule has 6 N–H and O–H groups in total. The van der Waals surface area contributed by atoms with Crippen LogP contribution in [0.2, 0.25) is 6.04 Å². The number of hydrogen-bond acceptors (Lipinski definition) is 3. The molecule has 0 atom stereocenters. The Labute approximate surface area is 128 Å². The van der Waals surface area contributed by atoms with Crippen LogP contribution in [-0.2, 0) is 0 Å². The van der Waals surface area contributed by atoms with Gasteiger partial charge in [0, 0.05) is 0 Å². The highest BCUT2D eigenvalue weighted by Crippen LogP contribution is 2.13. The van der Waals surface area contributed by atoms with E-state index in [0.717, 1.165) is 12.5 Å². The number of rotatable bonds is 15. The molecule has 0 aliphatic heterocycles. The zero-order valence-corrected chi connectivity index (χ0v) is 14.8. The van der Waals surface area contributed by atoms with Crippen molar-refractivity contribution in [2.24, 2.45) is 16.2 Å². The summed E-state index contributed by atoms with van der Waals surface area (Å²) in [5, 5.41) is 17.0. The first-order valence-electron chi connectivity index (χ1n) is 8.93. The van der Waals surface area contributed by atoms with Crippen LogP contribution in [0.4, 0.5) is 0 Å². The van der Waals surface area contributed by atoms with E-state index in [4.69, 9.17) is 16.2 Å². The monoisotopic (exact) mass is 301 g/mol. The minimum Gasteiger partial charge on any atom is -0.327 e. The summed E-state index contributed by atoms with van der Waals surface area (Å²) in [5.74, 6) is 0. The predicted octanol–water partition coefficient (Wildman–Crippen LogP) is 4.28. The molecule has 0 saturated carbocycles. The van der Waals surface area contributed by atoms with Crippen LogP contribution in [0.5, 0.6) is 0 Å². The van der Waals surface area contributed by atoms with E-state index in [9.17, 15) is 0 Å². The molecule has 0 unspecified atom stereocenters. The highest BCUT2D eigenvalue weighted by atomic mass is 28.4. The third kappa shape index (κ3) is 18.1. The molecular weight excluding hydrogens is 262 g/mol. The third-order valence-corrected chi connectivity index (χ3v) is 5.18. The second kappa shape index (κ2) is 14.1. The normalized spacial score (nSPS) is 12.0. The first kappa shape index (κ1) is 20.1. The minimum atomic E-state index is -2.26. The minimum absolute atomic E-state index is 0.866. The third-order valence-electron chi connectivity index (χ3n) is 3.96. The van der Waals surface area contributed by atoms with Crippen molar-refractivity contribution < 1.29 is 0 Å². The summed E-state index contributed by atoms with van der Waals surface area (Å²) in [7, 11) is -2.26. The Kier molecular flexibility index (Phi) is 14.1. The highest BCUT2D eigenvalue weighted by molar-refractivity contribution is 6.70. The van der Waals surface area contributed by atoms with Crippen LogP contribution in [0.15, 0.2) is 0 Å². The topological polar surface area (TPSA) is 78.1 Å². The first-order valence-corrected chi connectivity index (χ1v) is 11.4. The van der Waals surface area contributed by atoms with Gasteiger partial charge >= 0.3 is 0 Å². The molecule has 4 heteroatoms. The fraction of sp³-hybridized carbons (Fsp3) is 1.00. The second-order valence-corrected chi connectivity index (χ2v) is 9.18. The molecule has 0 aliphatic rings. The average Bonchev–Trinajstić information content (AvgIpc) is 2.38. The molecule has 0 aromatic heterocycles. The van der Waals surface area contributed by atoms with Gasteiger partial charge in [0.05, 0.1) is 0 Å². The molecule has 122 valence electrons. The van der Waals surface area contributed by atoms with Crippen molar-refractivity contribution >= 4 is 8.56 Å². The van der Waals surface area contributed by atoms with Crippen molar-refractivity contribution in [3.8, 4) is 0 Å². The molecular formula is C16H39N3Si. The van der Waals surface area contributed by atoms with E-state index in [2.05, 4.69) is 6.92 Å². The van der Waals surface area contributed by atoms with Crippen molar-refractivity contribution in [3.05, 3.63) is 0 Å². The summed E-state index contributed by atoms with van der Waals surface area (Å²) < 4.78 is 0. The van der Waals surface area contributed by atoms with Gasteiger partial charge in [-0.3, -0.25) is 0 Å². The summed E-state index contributed by atoms with van der Waals surface area (Å²) >= 11 is 0. The van der Waals surface area contributed by atoms with Crippen LogP contribution in [0.3, 0.4) is 0 Å². The van der Waals surface area contributed by atoms with E-state index < -0.39 is 8.56 Å². The Balaban J connectivity index is 2.99. The van der Waals surface area contributed by atoms with Crippen LogP contribution in [0, 0.1) is 0 Å². The van der Waals surface area contributed by atoms with Gasteiger partial charge in [0.2, 0.25) is 0 Å². The van der Waals surface area contributed by atoms with E-state index in [0.29, 0.717) is 0 Å². The highest BCUT2D eigenvalue weighted by Gasteiger charge is 2.15. The predicted molar refractivity (Wildman–Crippen MR) is 93.4 cm³/mol. The van der Waals surface area contributed by atoms with Crippen molar-refractivity contribution in [2.75, 3.05) is 0 Å². The van der Waals surface area contributed by atoms with Gasteiger partial charge in [-0.05, 0) is 6.04 Å². The lowest BCUT2D eigenvalue weighted by atomic mass is 10.0. The van der Waals surface area contributed by atoms with E-state index in [-0.39, 0.29) is 0 Å². The lowest BCUT2D eigenvalue weighted by Crippen LogP contribution is -2.64. The maximum atomic E-state index is 5.68. The molecule has 0 amide bonds. The van der Waals surface area contributed by atoms with Crippen molar-refractivity contribution in [3.63, 3.8) is 0 Å². The largest absolute Gasteiger partial charge is 0.327 e. The van der Waals surface area contributed by atoms with Crippen LogP contribution in [0.1, 0.15) is 96.8 Å². The van der Waals surface area contributed by atoms with Gasteiger partial charge in [-0.15, -0.1) is 0 Å². The smallest absolute Gasteiger partial charge is 0.273 e. The second-order valence-electron chi connectivity index (χ2n) is 6.46. The van der Waals surface area contributed by atoms with Gasteiger partial charge in [0.25, 0.3) is 8.56 Å². The maximum absolute atomic E-state index is 5.68. The van der Waals surface area contributed by atoms with Gasteiger partial charge in [0.15, 0.2) is 0 Å². The molecule has 0 aromatic carbocycles. The number of nitrogens with two attached hydrogens (primary N) is 3. The first-order chi connectivity index (χ1) is 9.56. The zero-order chi connectivity index (χ0) is 15.1. The molecule has 0 bridgehead atoms. The van der Waals surface area contributed by atoms with Gasteiger partial charge in [-0.25, -0.2) is 0 Å². The van der Waals surface area contributed by atoms with Crippen molar-refractivity contribution in [2.45, 2.75) is 103 Å². The Morgan fingerprint density at radius 1 is 0.500 bits per heavy atom. The van der Waals surface area contributed by atoms with E-state index >= 15 is 0 Å². The molecule has 3 nitrogen and oxygen atoms in total. The van der Waals surface area contributed by atoms with Crippen LogP contribution >= 0.6 is 0 Å². The van der Waals surface area contributed by atoms with Crippen LogP contribution in [-0.4, -0.2) is 8.56 Å².